The lowest BCUT2D eigenvalue weighted by molar-refractivity contribution is 0.102. The predicted octanol–water partition coefficient (Wildman–Crippen LogP) is 3.59. The van der Waals surface area contributed by atoms with Gasteiger partial charge in [-0.3, -0.25) is 10.1 Å². The van der Waals surface area contributed by atoms with Crippen LogP contribution in [0.15, 0.2) is 34.9 Å². The molecule has 0 radical (unpaired) electrons. The molecule has 2 heterocycles. The van der Waals surface area contributed by atoms with Crippen molar-refractivity contribution in [3.8, 4) is 0 Å². The van der Waals surface area contributed by atoms with Crippen LogP contribution < -0.4 is 5.32 Å². The summed E-state index contributed by atoms with van der Waals surface area (Å²) in [7, 11) is 0. The lowest BCUT2D eigenvalue weighted by Crippen LogP contribution is -2.11. The molecule has 6 heteroatoms. The number of hydrogen-bond acceptors (Lipinski definition) is 4. The van der Waals surface area contributed by atoms with Crippen LogP contribution in [0, 0.1) is 12.7 Å². The molecular formula is C13H9FN2O2S. The van der Waals surface area contributed by atoms with Gasteiger partial charge < -0.3 is 4.42 Å². The van der Waals surface area contributed by atoms with Crippen molar-refractivity contribution < 1.29 is 13.6 Å². The fraction of sp³-hybridized carbons (Fsp3) is 0.0769. The number of rotatable bonds is 2. The smallest absolute Gasteiger partial charge is 0.260 e. The van der Waals surface area contributed by atoms with E-state index in [0.29, 0.717) is 26.7 Å². The molecule has 4 nitrogen and oxygen atoms in total. The Labute approximate surface area is 111 Å². The maximum atomic E-state index is 13.1. The van der Waals surface area contributed by atoms with E-state index >= 15 is 0 Å². The molecule has 0 aliphatic heterocycles. The van der Waals surface area contributed by atoms with Crippen LogP contribution in [0.5, 0.6) is 0 Å². The standard InChI is InChI=1S/C13H9FN2O2S/c1-7-9(4-5-18-7)12(17)16-13-15-10-3-2-8(14)6-11(10)19-13/h2-6H,1H3,(H,15,16,17). The van der Waals surface area contributed by atoms with Crippen LogP contribution in [0.2, 0.25) is 0 Å². The fourth-order valence-corrected chi connectivity index (χ4v) is 2.62. The van der Waals surface area contributed by atoms with Crippen molar-refractivity contribution in [3.05, 3.63) is 47.7 Å². The van der Waals surface area contributed by atoms with Gasteiger partial charge in [-0.1, -0.05) is 11.3 Å². The van der Waals surface area contributed by atoms with E-state index in [1.165, 1.54) is 29.7 Å². The quantitative estimate of drug-likeness (QED) is 0.778. The highest BCUT2D eigenvalue weighted by Crippen LogP contribution is 2.27. The molecule has 3 aromatic rings. The van der Waals surface area contributed by atoms with Crippen LogP contribution in [-0.2, 0) is 0 Å². The van der Waals surface area contributed by atoms with E-state index in [0.717, 1.165) is 0 Å². The predicted molar refractivity (Wildman–Crippen MR) is 71.0 cm³/mol. The summed E-state index contributed by atoms with van der Waals surface area (Å²) in [6, 6.07) is 5.91. The number of amides is 1. The molecule has 1 N–H and O–H groups in total. The second-order valence-electron chi connectivity index (χ2n) is 3.98. The Balaban J connectivity index is 1.89. The second-order valence-corrected chi connectivity index (χ2v) is 5.01. The molecule has 19 heavy (non-hydrogen) atoms. The summed E-state index contributed by atoms with van der Waals surface area (Å²) in [5.74, 6) is -0.0601. The van der Waals surface area contributed by atoms with Crippen LogP contribution >= 0.6 is 11.3 Å². The molecule has 0 aliphatic carbocycles. The Kier molecular flexibility index (Phi) is 2.79. The molecule has 1 amide bonds. The third-order valence-electron chi connectivity index (χ3n) is 2.67. The number of nitrogens with one attached hydrogen (secondary N) is 1. The SMILES string of the molecule is Cc1occc1C(=O)Nc1nc2ccc(F)cc2s1. The Bertz CT molecular complexity index is 763. The number of fused-ring (bicyclic) bond motifs is 1. The van der Waals surface area contributed by atoms with E-state index in [2.05, 4.69) is 10.3 Å². The number of halogens is 1. The van der Waals surface area contributed by atoms with Crippen molar-refractivity contribution in [2.24, 2.45) is 0 Å². The fourth-order valence-electron chi connectivity index (χ4n) is 1.74. The number of carbonyl (C=O) groups excluding carboxylic acids is 1. The summed E-state index contributed by atoms with van der Waals surface area (Å²) in [4.78, 5) is 16.2. The lowest BCUT2D eigenvalue weighted by atomic mass is 10.2. The minimum absolute atomic E-state index is 0.286. The average molecular weight is 276 g/mol. The van der Waals surface area contributed by atoms with Crippen LogP contribution in [0.3, 0.4) is 0 Å². The Morgan fingerprint density at radius 3 is 3.00 bits per heavy atom. The molecule has 0 saturated heterocycles. The molecule has 1 aromatic carbocycles. The van der Waals surface area contributed by atoms with Crippen molar-refractivity contribution in [2.45, 2.75) is 6.92 Å². The number of anilines is 1. The van der Waals surface area contributed by atoms with E-state index < -0.39 is 0 Å². The summed E-state index contributed by atoms with van der Waals surface area (Å²) in [5, 5.41) is 3.12. The normalized spacial score (nSPS) is 10.8. The third-order valence-corrected chi connectivity index (χ3v) is 3.61. The van der Waals surface area contributed by atoms with Crippen LogP contribution in [0.1, 0.15) is 16.1 Å². The van der Waals surface area contributed by atoms with E-state index in [1.54, 1.807) is 19.1 Å². The monoisotopic (exact) mass is 276 g/mol. The number of furan rings is 1. The number of carbonyl (C=O) groups is 1. The van der Waals surface area contributed by atoms with Gasteiger partial charge in [0, 0.05) is 0 Å². The summed E-state index contributed by atoms with van der Waals surface area (Å²) in [6.45, 7) is 1.71. The van der Waals surface area contributed by atoms with Gasteiger partial charge in [0.2, 0.25) is 0 Å². The molecule has 0 unspecified atom stereocenters. The number of thiazole rings is 1. The number of benzene rings is 1. The van der Waals surface area contributed by atoms with Gasteiger partial charge in [-0.2, -0.15) is 0 Å². The van der Waals surface area contributed by atoms with Gasteiger partial charge in [-0.05, 0) is 31.2 Å². The zero-order valence-corrected chi connectivity index (χ0v) is 10.8. The van der Waals surface area contributed by atoms with E-state index in [9.17, 15) is 9.18 Å². The van der Waals surface area contributed by atoms with Gasteiger partial charge in [0.25, 0.3) is 5.91 Å². The Morgan fingerprint density at radius 2 is 2.26 bits per heavy atom. The zero-order chi connectivity index (χ0) is 13.4. The van der Waals surface area contributed by atoms with Crippen LogP contribution in [0.25, 0.3) is 10.2 Å². The summed E-state index contributed by atoms with van der Waals surface area (Å²) < 4.78 is 18.8. The molecular weight excluding hydrogens is 267 g/mol. The molecule has 0 fully saturated rings. The van der Waals surface area contributed by atoms with Crippen LogP contribution in [-0.4, -0.2) is 10.9 Å². The van der Waals surface area contributed by atoms with Gasteiger partial charge in [-0.15, -0.1) is 0 Å². The molecule has 0 aliphatic rings. The topological polar surface area (TPSA) is 55.1 Å². The maximum Gasteiger partial charge on any atom is 0.260 e. The van der Waals surface area contributed by atoms with Crippen molar-refractivity contribution in [1.29, 1.82) is 0 Å². The first-order chi connectivity index (χ1) is 9.13. The molecule has 2 aromatic heterocycles. The molecule has 0 spiro atoms. The minimum Gasteiger partial charge on any atom is -0.469 e. The summed E-state index contributed by atoms with van der Waals surface area (Å²) in [5.41, 5.74) is 1.12. The highest BCUT2D eigenvalue weighted by atomic mass is 32.1. The third kappa shape index (κ3) is 2.22. The zero-order valence-electron chi connectivity index (χ0n) is 9.94. The first-order valence-electron chi connectivity index (χ1n) is 5.55. The Hall–Kier alpha value is -2.21. The molecule has 0 saturated carbocycles. The van der Waals surface area contributed by atoms with E-state index in [1.807, 2.05) is 0 Å². The van der Waals surface area contributed by atoms with E-state index in [4.69, 9.17) is 4.42 Å². The van der Waals surface area contributed by atoms with E-state index in [-0.39, 0.29) is 11.7 Å². The van der Waals surface area contributed by atoms with Gasteiger partial charge in [-0.25, -0.2) is 9.37 Å². The number of aromatic nitrogens is 1. The first-order valence-corrected chi connectivity index (χ1v) is 6.36. The van der Waals surface area contributed by atoms with Gasteiger partial charge in [0.05, 0.1) is 22.0 Å². The first kappa shape index (κ1) is 11.9. The minimum atomic E-state index is -0.320. The largest absolute Gasteiger partial charge is 0.469 e. The van der Waals surface area contributed by atoms with Crippen molar-refractivity contribution >= 4 is 32.6 Å². The molecule has 3 rings (SSSR count). The van der Waals surface area contributed by atoms with Crippen molar-refractivity contribution in [1.82, 2.24) is 4.98 Å². The van der Waals surface area contributed by atoms with Crippen molar-refractivity contribution in [3.63, 3.8) is 0 Å². The van der Waals surface area contributed by atoms with Crippen LogP contribution in [0.4, 0.5) is 9.52 Å². The molecule has 0 atom stereocenters. The molecule has 96 valence electrons. The summed E-state index contributed by atoms with van der Waals surface area (Å²) >= 11 is 1.23. The average Bonchev–Trinajstić information content (AvgIpc) is 2.94. The lowest BCUT2D eigenvalue weighted by Gasteiger charge is -1.98. The second kappa shape index (κ2) is 4.47. The van der Waals surface area contributed by atoms with Crippen molar-refractivity contribution in [2.75, 3.05) is 5.32 Å². The number of hydrogen-bond donors (Lipinski definition) is 1. The maximum absolute atomic E-state index is 13.1. The highest BCUT2D eigenvalue weighted by Gasteiger charge is 2.13. The van der Waals surface area contributed by atoms with Gasteiger partial charge in [0.15, 0.2) is 5.13 Å². The Morgan fingerprint density at radius 1 is 1.42 bits per heavy atom. The highest BCUT2D eigenvalue weighted by molar-refractivity contribution is 7.22. The van der Waals surface area contributed by atoms with Gasteiger partial charge in [0.1, 0.15) is 11.6 Å². The number of nitrogens with zero attached hydrogens (tertiary/aromatic N) is 1. The van der Waals surface area contributed by atoms with Gasteiger partial charge >= 0.3 is 0 Å². The number of aryl methyl sites for hydroxylation is 1. The molecule has 0 bridgehead atoms. The summed E-state index contributed by atoms with van der Waals surface area (Å²) in [6.07, 6.45) is 1.46.